The molecule has 2 amide bonds. The van der Waals surface area contributed by atoms with E-state index in [2.05, 4.69) is 16.0 Å². The fraction of sp³-hybridized carbons (Fsp3) is 0.385. The number of carbonyl (C=O) groups is 2. The second kappa shape index (κ2) is 8.19. The van der Waals surface area contributed by atoms with Crippen molar-refractivity contribution >= 4 is 47.2 Å². The Kier molecular flexibility index (Phi) is 6.91. The molecule has 0 aromatic heterocycles. The van der Waals surface area contributed by atoms with Crippen LogP contribution in [0.5, 0.6) is 0 Å². The Balaban J connectivity index is 0.00000220. The van der Waals surface area contributed by atoms with Gasteiger partial charge in [0.15, 0.2) is 0 Å². The smallest absolute Gasteiger partial charge is 0.254 e. The second-order valence-corrected chi connectivity index (χ2v) is 4.84. The fourth-order valence-corrected chi connectivity index (χ4v) is 2.01. The Morgan fingerprint density at radius 1 is 1.38 bits per heavy atom. The van der Waals surface area contributed by atoms with Crippen LogP contribution in [0, 0.1) is 0 Å². The Hall–Kier alpha value is -1.34. The van der Waals surface area contributed by atoms with E-state index in [1.807, 2.05) is 0 Å². The van der Waals surface area contributed by atoms with E-state index in [0.717, 1.165) is 6.54 Å². The van der Waals surface area contributed by atoms with E-state index in [0.29, 0.717) is 29.5 Å². The predicted octanol–water partition coefficient (Wildman–Crippen LogP) is 1.65. The maximum atomic E-state index is 12.0. The van der Waals surface area contributed by atoms with E-state index in [1.54, 1.807) is 18.2 Å². The van der Waals surface area contributed by atoms with E-state index >= 15 is 0 Å². The Morgan fingerprint density at radius 2 is 2.14 bits per heavy atom. The molecular formula is C13H17Cl2N3O3. The van der Waals surface area contributed by atoms with Crippen LogP contribution in [-0.2, 0) is 14.3 Å². The average molecular weight is 334 g/mol. The second-order valence-electron chi connectivity index (χ2n) is 4.43. The van der Waals surface area contributed by atoms with Gasteiger partial charge in [-0.3, -0.25) is 9.59 Å². The summed E-state index contributed by atoms with van der Waals surface area (Å²) in [6.07, 6.45) is -0.538. The lowest BCUT2D eigenvalue weighted by atomic mass is 10.2. The van der Waals surface area contributed by atoms with Gasteiger partial charge in [0.1, 0.15) is 6.10 Å². The summed E-state index contributed by atoms with van der Waals surface area (Å²) >= 11 is 6.03. The summed E-state index contributed by atoms with van der Waals surface area (Å²) in [7, 11) is 0. The number of carbonyl (C=O) groups excluding carboxylic acids is 2. The third kappa shape index (κ3) is 5.17. The summed E-state index contributed by atoms with van der Waals surface area (Å²) in [6.45, 7) is 3.11. The van der Waals surface area contributed by atoms with Crippen LogP contribution in [0.3, 0.4) is 0 Å². The van der Waals surface area contributed by atoms with Gasteiger partial charge in [-0.25, -0.2) is 0 Å². The normalized spacial score (nSPS) is 17.5. The van der Waals surface area contributed by atoms with Crippen LogP contribution in [0.2, 0.25) is 5.02 Å². The first-order chi connectivity index (χ1) is 9.56. The number of nitrogens with one attached hydrogen (secondary N) is 3. The largest absolute Gasteiger partial charge is 0.366 e. The molecule has 1 atom stereocenters. The van der Waals surface area contributed by atoms with Crippen molar-refractivity contribution < 1.29 is 14.3 Å². The van der Waals surface area contributed by atoms with Crippen molar-refractivity contribution in [3.63, 3.8) is 0 Å². The van der Waals surface area contributed by atoms with Crippen molar-refractivity contribution in [1.29, 1.82) is 0 Å². The molecule has 1 heterocycles. The van der Waals surface area contributed by atoms with E-state index in [1.165, 1.54) is 6.92 Å². The van der Waals surface area contributed by atoms with Gasteiger partial charge in [0, 0.05) is 25.7 Å². The third-order valence-electron chi connectivity index (χ3n) is 2.76. The Morgan fingerprint density at radius 3 is 2.76 bits per heavy atom. The van der Waals surface area contributed by atoms with Crippen molar-refractivity contribution in [3.8, 4) is 0 Å². The summed E-state index contributed by atoms with van der Waals surface area (Å²) in [5, 5.41) is 8.82. The highest BCUT2D eigenvalue weighted by molar-refractivity contribution is 6.34. The van der Waals surface area contributed by atoms with Crippen LogP contribution in [-0.4, -0.2) is 37.6 Å². The molecule has 21 heavy (non-hydrogen) atoms. The van der Waals surface area contributed by atoms with Gasteiger partial charge >= 0.3 is 0 Å². The van der Waals surface area contributed by atoms with Gasteiger partial charge in [0.05, 0.1) is 17.3 Å². The fourth-order valence-electron chi connectivity index (χ4n) is 1.85. The predicted molar refractivity (Wildman–Crippen MR) is 84.2 cm³/mol. The minimum absolute atomic E-state index is 0. The SMILES string of the molecule is CC(=O)Nc1ccc(Cl)c(NC(=O)C2CNCCO2)c1.Cl. The molecule has 1 aromatic rings. The minimum Gasteiger partial charge on any atom is -0.366 e. The lowest BCUT2D eigenvalue weighted by Gasteiger charge is -2.23. The van der Waals surface area contributed by atoms with Crippen molar-refractivity contribution in [2.45, 2.75) is 13.0 Å². The Labute approximate surface area is 134 Å². The summed E-state index contributed by atoms with van der Waals surface area (Å²) in [5.74, 6) is -0.455. The maximum absolute atomic E-state index is 12.0. The van der Waals surface area contributed by atoms with Crippen LogP contribution in [0.4, 0.5) is 11.4 Å². The number of halogens is 2. The highest BCUT2D eigenvalue weighted by Gasteiger charge is 2.22. The van der Waals surface area contributed by atoms with E-state index in [-0.39, 0.29) is 24.2 Å². The van der Waals surface area contributed by atoms with Crippen molar-refractivity contribution in [1.82, 2.24) is 5.32 Å². The first kappa shape index (κ1) is 17.7. The van der Waals surface area contributed by atoms with Gasteiger partial charge in [-0.1, -0.05) is 11.6 Å². The third-order valence-corrected chi connectivity index (χ3v) is 3.09. The van der Waals surface area contributed by atoms with Crippen molar-refractivity contribution in [3.05, 3.63) is 23.2 Å². The van der Waals surface area contributed by atoms with Gasteiger partial charge < -0.3 is 20.7 Å². The van der Waals surface area contributed by atoms with Crippen LogP contribution >= 0.6 is 24.0 Å². The summed E-state index contributed by atoms with van der Waals surface area (Å²) in [5.41, 5.74) is 1.01. The zero-order chi connectivity index (χ0) is 14.5. The summed E-state index contributed by atoms with van der Waals surface area (Å²) < 4.78 is 5.36. The molecule has 6 nitrogen and oxygen atoms in total. The van der Waals surface area contributed by atoms with Gasteiger partial charge in [0.25, 0.3) is 5.91 Å². The Bertz CT molecular complexity index is 519. The van der Waals surface area contributed by atoms with Gasteiger partial charge in [0.2, 0.25) is 5.91 Å². The average Bonchev–Trinajstić information content (AvgIpc) is 2.43. The van der Waals surface area contributed by atoms with Crippen LogP contribution in [0.1, 0.15) is 6.92 Å². The highest BCUT2D eigenvalue weighted by Crippen LogP contribution is 2.25. The molecule has 0 saturated carbocycles. The summed E-state index contributed by atoms with van der Waals surface area (Å²) in [6, 6.07) is 4.89. The first-order valence-electron chi connectivity index (χ1n) is 6.26. The lowest BCUT2D eigenvalue weighted by Crippen LogP contribution is -2.45. The first-order valence-corrected chi connectivity index (χ1v) is 6.64. The zero-order valence-electron chi connectivity index (χ0n) is 11.4. The van der Waals surface area contributed by atoms with Crippen LogP contribution in [0.25, 0.3) is 0 Å². The van der Waals surface area contributed by atoms with Gasteiger partial charge in [-0.15, -0.1) is 12.4 Å². The van der Waals surface area contributed by atoms with Crippen LogP contribution in [0.15, 0.2) is 18.2 Å². The number of amides is 2. The van der Waals surface area contributed by atoms with E-state index in [4.69, 9.17) is 16.3 Å². The number of ether oxygens (including phenoxy) is 1. The number of hydrogen-bond donors (Lipinski definition) is 3. The molecule has 1 aliphatic heterocycles. The molecular weight excluding hydrogens is 317 g/mol. The van der Waals surface area contributed by atoms with E-state index < -0.39 is 6.10 Å². The van der Waals surface area contributed by atoms with Gasteiger partial charge in [-0.2, -0.15) is 0 Å². The molecule has 1 aliphatic rings. The van der Waals surface area contributed by atoms with Crippen LogP contribution < -0.4 is 16.0 Å². The number of rotatable bonds is 3. The monoisotopic (exact) mass is 333 g/mol. The molecule has 116 valence electrons. The molecule has 1 unspecified atom stereocenters. The molecule has 1 fully saturated rings. The number of morpholine rings is 1. The van der Waals surface area contributed by atoms with Gasteiger partial charge in [-0.05, 0) is 18.2 Å². The van der Waals surface area contributed by atoms with Crippen molar-refractivity contribution in [2.75, 3.05) is 30.3 Å². The zero-order valence-corrected chi connectivity index (χ0v) is 13.0. The quantitative estimate of drug-likeness (QED) is 0.785. The molecule has 1 aromatic carbocycles. The standard InChI is InChI=1S/C13H16ClN3O3.ClH/c1-8(18)16-9-2-3-10(14)11(6-9)17-13(19)12-7-15-4-5-20-12;/h2-3,6,12,15H,4-5,7H2,1H3,(H,16,18)(H,17,19);1H. The topological polar surface area (TPSA) is 79.5 Å². The molecule has 1 saturated heterocycles. The number of hydrogen-bond acceptors (Lipinski definition) is 4. The minimum atomic E-state index is -0.538. The molecule has 3 N–H and O–H groups in total. The summed E-state index contributed by atoms with van der Waals surface area (Å²) in [4.78, 5) is 23.1. The number of anilines is 2. The molecule has 0 aliphatic carbocycles. The van der Waals surface area contributed by atoms with E-state index in [9.17, 15) is 9.59 Å². The number of benzene rings is 1. The van der Waals surface area contributed by atoms with Crippen molar-refractivity contribution in [2.24, 2.45) is 0 Å². The molecule has 8 heteroatoms. The molecule has 0 bridgehead atoms. The highest BCUT2D eigenvalue weighted by atomic mass is 35.5. The molecule has 0 radical (unpaired) electrons. The maximum Gasteiger partial charge on any atom is 0.254 e. The lowest BCUT2D eigenvalue weighted by molar-refractivity contribution is -0.128. The molecule has 2 rings (SSSR count). The molecule has 0 spiro atoms.